The first-order chi connectivity index (χ1) is 7.41. The first-order valence-electron chi connectivity index (χ1n) is 4.80. The zero-order chi connectivity index (χ0) is 12.3. The van der Waals surface area contributed by atoms with Crippen molar-refractivity contribution < 1.29 is 9.90 Å². The average Bonchev–Trinajstić information content (AvgIpc) is 2.19. The molecule has 0 bridgehead atoms. The Bertz CT molecular complexity index is 429. The van der Waals surface area contributed by atoms with Crippen LogP contribution < -0.4 is 0 Å². The maximum atomic E-state index is 12.0. The Kier molecular flexibility index (Phi) is 4.12. The third-order valence-electron chi connectivity index (χ3n) is 2.04. The summed E-state index contributed by atoms with van der Waals surface area (Å²) in [5, 5.41) is 9.60. The molecule has 1 rings (SSSR count). The number of halogens is 1. The Balaban J connectivity index is 2.95. The Labute approximate surface area is 104 Å². The molecule has 0 saturated carbocycles. The van der Waals surface area contributed by atoms with Gasteiger partial charge in [-0.2, -0.15) is 0 Å². The van der Waals surface area contributed by atoms with E-state index in [-0.39, 0.29) is 17.2 Å². The van der Waals surface area contributed by atoms with Crippen LogP contribution in [0.4, 0.5) is 0 Å². The lowest BCUT2D eigenvalue weighted by atomic mass is 10.1. The Hall–Kier alpha value is -1.29. The summed E-state index contributed by atoms with van der Waals surface area (Å²) in [5.41, 5.74) is 1.18. The number of carbonyl (C=O) groups excluding carboxylic acids is 1. The summed E-state index contributed by atoms with van der Waals surface area (Å²) in [6, 6.07) is 4.78. The topological polar surface area (TPSA) is 40.5 Å². The molecule has 1 N–H and O–H groups in total. The van der Waals surface area contributed by atoms with Crippen molar-refractivity contribution in [2.24, 2.45) is 0 Å². The van der Waals surface area contributed by atoms with Gasteiger partial charge in [-0.05, 0) is 25.1 Å². The largest absolute Gasteiger partial charge is 0.507 e. The standard InChI is InChI=1S/C12H14BrNO2/c1-8(2)7-14(3)12(16)10-6-9(13)4-5-11(10)15/h4-6,15H,1,7H2,2-3H3. The Morgan fingerprint density at radius 1 is 1.56 bits per heavy atom. The van der Waals surface area contributed by atoms with Gasteiger partial charge in [0, 0.05) is 18.1 Å². The number of carbonyl (C=O) groups is 1. The number of rotatable bonds is 3. The summed E-state index contributed by atoms with van der Waals surface area (Å²) < 4.78 is 0.761. The van der Waals surface area contributed by atoms with Crippen LogP contribution in [0.15, 0.2) is 34.8 Å². The van der Waals surface area contributed by atoms with Gasteiger partial charge in [-0.1, -0.05) is 28.1 Å². The van der Waals surface area contributed by atoms with E-state index in [4.69, 9.17) is 0 Å². The molecule has 0 radical (unpaired) electrons. The second-order valence-corrected chi connectivity index (χ2v) is 4.70. The molecule has 0 heterocycles. The zero-order valence-electron chi connectivity index (χ0n) is 9.33. The van der Waals surface area contributed by atoms with Crippen LogP contribution in [0.25, 0.3) is 0 Å². The molecule has 0 aliphatic rings. The molecule has 1 aromatic rings. The molecular weight excluding hydrogens is 270 g/mol. The van der Waals surface area contributed by atoms with Crippen LogP contribution >= 0.6 is 15.9 Å². The predicted octanol–water partition coefficient (Wildman–Crippen LogP) is 2.80. The van der Waals surface area contributed by atoms with Crippen LogP contribution in [0, 0.1) is 0 Å². The molecule has 1 amide bonds. The molecule has 16 heavy (non-hydrogen) atoms. The van der Waals surface area contributed by atoms with Crippen LogP contribution in [-0.4, -0.2) is 29.5 Å². The summed E-state index contributed by atoms with van der Waals surface area (Å²) in [5.74, 6) is -0.233. The minimum Gasteiger partial charge on any atom is -0.507 e. The number of phenols is 1. The Morgan fingerprint density at radius 3 is 2.75 bits per heavy atom. The highest BCUT2D eigenvalue weighted by molar-refractivity contribution is 9.10. The molecular formula is C12H14BrNO2. The lowest BCUT2D eigenvalue weighted by Crippen LogP contribution is -2.28. The van der Waals surface area contributed by atoms with E-state index in [0.29, 0.717) is 6.54 Å². The molecule has 0 fully saturated rings. The lowest BCUT2D eigenvalue weighted by Gasteiger charge is -2.17. The third-order valence-corrected chi connectivity index (χ3v) is 2.54. The number of nitrogens with zero attached hydrogens (tertiary/aromatic N) is 1. The molecule has 3 nitrogen and oxygen atoms in total. The van der Waals surface area contributed by atoms with Crippen LogP contribution in [0.3, 0.4) is 0 Å². The van der Waals surface area contributed by atoms with Gasteiger partial charge in [0.15, 0.2) is 0 Å². The molecule has 0 aromatic heterocycles. The van der Waals surface area contributed by atoms with E-state index in [9.17, 15) is 9.90 Å². The average molecular weight is 284 g/mol. The van der Waals surface area contributed by atoms with E-state index >= 15 is 0 Å². The van der Waals surface area contributed by atoms with Crippen molar-refractivity contribution in [1.29, 1.82) is 0 Å². The SMILES string of the molecule is C=C(C)CN(C)C(=O)c1cc(Br)ccc1O. The van der Waals surface area contributed by atoms with Crippen LogP contribution in [0.1, 0.15) is 17.3 Å². The number of likely N-dealkylation sites (N-methyl/N-ethyl adjacent to an activating group) is 1. The number of aromatic hydroxyl groups is 1. The van der Waals surface area contributed by atoms with E-state index in [0.717, 1.165) is 10.0 Å². The summed E-state index contributed by atoms with van der Waals surface area (Å²) in [4.78, 5) is 13.5. The van der Waals surface area contributed by atoms with Crippen molar-refractivity contribution in [1.82, 2.24) is 4.90 Å². The van der Waals surface area contributed by atoms with Gasteiger partial charge in [-0.15, -0.1) is 0 Å². The molecule has 0 saturated heterocycles. The van der Waals surface area contributed by atoms with Gasteiger partial charge in [0.2, 0.25) is 0 Å². The highest BCUT2D eigenvalue weighted by Gasteiger charge is 2.15. The van der Waals surface area contributed by atoms with Crippen molar-refractivity contribution in [2.45, 2.75) is 6.92 Å². The number of hydrogen-bond acceptors (Lipinski definition) is 2. The van der Waals surface area contributed by atoms with Crippen molar-refractivity contribution in [3.63, 3.8) is 0 Å². The molecule has 0 aliphatic carbocycles. The van der Waals surface area contributed by atoms with Gasteiger partial charge in [0.05, 0.1) is 5.56 Å². The number of benzene rings is 1. The molecule has 86 valence electrons. The van der Waals surface area contributed by atoms with E-state index in [2.05, 4.69) is 22.5 Å². The van der Waals surface area contributed by atoms with Crippen molar-refractivity contribution in [3.05, 3.63) is 40.4 Å². The normalized spacial score (nSPS) is 9.94. The van der Waals surface area contributed by atoms with Crippen LogP contribution in [0.5, 0.6) is 5.75 Å². The molecule has 1 aromatic carbocycles. The maximum Gasteiger partial charge on any atom is 0.257 e. The fourth-order valence-corrected chi connectivity index (χ4v) is 1.72. The van der Waals surface area contributed by atoms with Gasteiger partial charge in [-0.3, -0.25) is 4.79 Å². The Morgan fingerprint density at radius 2 is 2.19 bits per heavy atom. The third kappa shape index (κ3) is 3.10. The zero-order valence-corrected chi connectivity index (χ0v) is 10.9. The van der Waals surface area contributed by atoms with E-state index < -0.39 is 0 Å². The van der Waals surface area contributed by atoms with Crippen molar-refractivity contribution >= 4 is 21.8 Å². The summed E-state index contributed by atoms with van der Waals surface area (Å²) in [6.45, 7) is 6.07. The second-order valence-electron chi connectivity index (χ2n) is 3.78. The smallest absolute Gasteiger partial charge is 0.257 e. The first-order valence-corrected chi connectivity index (χ1v) is 5.59. The van der Waals surface area contributed by atoms with Crippen LogP contribution in [0.2, 0.25) is 0 Å². The summed E-state index contributed by atoms with van der Waals surface area (Å²) in [7, 11) is 1.68. The molecule has 4 heteroatoms. The van der Waals surface area contributed by atoms with Crippen molar-refractivity contribution in [3.8, 4) is 5.75 Å². The highest BCUT2D eigenvalue weighted by atomic mass is 79.9. The summed E-state index contributed by atoms with van der Waals surface area (Å²) in [6.07, 6.45) is 0. The predicted molar refractivity (Wildman–Crippen MR) is 67.6 cm³/mol. The molecule has 0 unspecified atom stereocenters. The quantitative estimate of drug-likeness (QED) is 0.867. The van der Waals surface area contributed by atoms with E-state index in [1.807, 2.05) is 6.92 Å². The summed E-state index contributed by atoms with van der Waals surface area (Å²) >= 11 is 3.27. The van der Waals surface area contributed by atoms with Gasteiger partial charge < -0.3 is 10.0 Å². The van der Waals surface area contributed by atoms with Gasteiger partial charge in [0.1, 0.15) is 5.75 Å². The van der Waals surface area contributed by atoms with E-state index in [1.165, 1.54) is 11.0 Å². The number of amides is 1. The molecule has 0 atom stereocenters. The minimum atomic E-state index is -0.221. The van der Waals surface area contributed by atoms with E-state index in [1.54, 1.807) is 19.2 Å². The molecule has 0 aliphatic heterocycles. The second kappa shape index (κ2) is 5.16. The van der Waals surface area contributed by atoms with Gasteiger partial charge >= 0.3 is 0 Å². The minimum absolute atomic E-state index is 0.0123. The van der Waals surface area contributed by atoms with Crippen LogP contribution in [-0.2, 0) is 0 Å². The lowest BCUT2D eigenvalue weighted by molar-refractivity contribution is 0.0804. The van der Waals surface area contributed by atoms with Crippen molar-refractivity contribution in [2.75, 3.05) is 13.6 Å². The number of hydrogen-bond donors (Lipinski definition) is 1. The molecule has 0 spiro atoms. The monoisotopic (exact) mass is 283 g/mol. The number of phenolic OH excluding ortho intramolecular Hbond substituents is 1. The fourth-order valence-electron chi connectivity index (χ4n) is 1.36. The fraction of sp³-hybridized carbons (Fsp3) is 0.250. The van der Waals surface area contributed by atoms with Gasteiger partial charge in [0.25, 0.3) is 5.91 Å². The first kappa shape index (κ1) is 12.8. The van der Waals surface area contributed by atoms with Gasteiger partial charge in [-0.25, -0.2) is 0 Å². The maximum absolute atomic E-state index is 12.0. The highest BCUT2D eigenvalue weighted by Crippen LogP contribution is 2.23.